The highest BCUT2D eigenvalue weighted by Gasteiger charge is 2.14. The molecule has 2 atom stereocenters. The lowest BCUT2D eigenvalue weighted by molar-refractivity contribution is -0.384. The second kappa shape index (κ2) is 5.85. The molecule has 0 spiro atoms. The first-order chi connectivity index (χ1) is 7.54. The third-order valence-corrected chi connectivity index (χ3v) is 3.43. The average molecular weight is 242 g/mol. The Morgan fingerprint density at radius 3 is 2.75 bits per heavy atom. The minimum absolute atomic E-state index is 0.124. The quantitative estimate of drug-likeness (QED) is 0.447. The molecule has 1 rings (SSSR count). The molecule has 3 nitrogen and oxygen atoms in total. The van der Waals surface area contributed by atoms with Gasteiger partial charge in [0.2, 0.25) is 0 Å². The number of nitrogens with zero attached hydrogens (tertiary/aromatic N) is 1. The van der Waals surface area contributed by atoms with Crippen LogP contribution in [0, 0.1) is 16.0 Å². The van der Waals surface area contributed by atoms with Crippen LogP contribution >= 0.6 is 11.6 Å². The zero-order chi connectivity index (χ0) is 12.1. The van der Waals surface area contributed by atoms with Crippen molar-refractivity contribution in [3.05, 3.63) is 39.9 Å². The van der Waals surface area contributed by atoms with Crippen LogP contribution in [-0.4, -0.2) is 10.3 Å². The lowest BCUT2D eigenvalue weighted by Gasteiger charge is -2.15. The molecule has 4 heteroatoms. The van der Waals surface area contributed by atoms with Crippen molar-refractivity contribution in [2.24, 2.45) is 5.92 Å². The zero-order valence-corrected chi connectivity index (χ0v) is 10.3. The molecule has 0 aliphatic carbocycles. The average Bonchev–Trinajstić information content (AvgIpc) is 2.28. The third-order valence-electron chi connectivity index (χ3n) is 2.69. The molecular weight excluding hydrogens is 226 g/mol. The molecule has 0 saturated heterocycles. The molecule has 16 heavy (non-hydrogen) atoms. The van der Waals surface area contributed by atoms with Gasteiger partial charge in [-0.3, -0.25) is 10.1 Å². The first kappa shape index (κ1) is 13.0. The molecule has 0 saturated carbocycles. The standard InChI is InChI=1S/C12H16ClNO2/c1-3-12(13)9(2)7-10-5-4-6-11(8-10)14(15)16/h4-6,8-9,12H,3,7H2,1-2H3. The van der Waals surface area contributed by atoms with Gasteiger partial charge in [-0.2, -0.15) is 0 Å². The van der Waals surface area contributed by atoms with Crippen LogP contribution in [0.25, 0.3) is 0 Å². The van der Waals surface area contributed by atoms with E-state index >= 15 is 0 Å². The zero-order valence-electron chi connectivity index (χ0n) is 9.52. The third kappa shape index (κ3) is 3.49. The van der Waals surface area contributed by atoms with E-state index in [4.69, 9.17) is 11.6 Å². The van der Waals surface area contributed by atoms with Crippen molar-refractivity contribution in [3.63, 3.8) is 0 Å². The topological polar surface area (TPSA) is 43.1 Å². The van der Waals surface area contributed by atoms with Gasteiger partial charge >= 0.3 is 0 Å². The number of rotatable bonds is 5. The van der Waals surface area contributed by atoms with Gasteiger partial charge in [-0.05, 0) is 24.3 Å². The van der Waals surface area contributed by atoms with Gasteiger partial charge in [-0.25, -0.2) is 0 Å². The predicted octanol–water partition coefficient (Wildman–Crippen LogP) is 3.79. The SMILES string of the molecule is CCC(Cl)C(C)Cc1cccc([N+](=O)[O-])c1. The number of non-ortho nitro benzene ring substituents is 1. The summed E-state index contributed by atoms with van der Waals surface area (Å²) in [6.07, 6.45) is 1.70. The summed E-state index contributed by atoms with van der Waals surface area (Å²) in [6, 6.07) is 6.75. The molecule has 0 fully saturated rings. The van der Waals surface area contributed by atoms with Gasteiger partial charge in [0.1, 0.15) is 0 Å². The van der Waals surface area contributed by atoms with Crippen LogP contribution in [0.2, 0.25) is 0 Å². The van der Waals surface area contributed by atoms with Gasteiger partial charge in [0.15, 0.2) is 0 Å². The number of alkyl halides is 1. The molecule has 1 aromatic rings. The van der Waals surface area contributed by atoms with Crippen molar-refractivity contribution >= 4 is 17.3 Å². The first-order valence-corrected chi connectivity index (χ1v) is 5.85. The van der Waals surface area contributed by atoms with Crippen molar-refractivity contribution in [2.75, 3.05) is 0 Å². The second-order valence-corrected chi connectivity index (χ2v) is 4.59. The maximum absolute atomic E-state index is 10.6. The molecule has 88 valence electrons. The Morgan fingerprint density at radius 2 is 2.19 bits per heavy atom. The summed E-state index contributed by atoms with van der Waals surface area (Å²) in [5.74, 6) is 0.327. The minimum atomic E-state index is -0.369. The summed E-state index contributed by atoms with van der Waals surface area (Å²) in [5.41, 5.74) is 1.12. The van der Waals surface area contributed by atoms with Crippen LogP contribution in [0.4, 0.5) is 5.69 Å². The van der Waals surface area contributed by atoms with Gasteiger partial charge in [0, 0.05) is 17.5 Å². The summed E-state index contributed by atoms with van der Waals surface area (Å²) < 4.78 is 0. The van der Waals surface area contributed by atoms with Crippen LogP contribution in [0.15, 0.2) is 24.3 Å². The van der Waals surface area contributed by atoms with Crippen molar-refractivity contribution in [3.8, 4) is 0 Å². The molecule has 0 bridgehead atoms. The lowest BCUT2D eigenvalue weighted by atomic mass is 9.96. The molecule has 2 unspecified atom stereocenters. The molecule has 0 radical (unpaired) electrons. The number of nitro benzene ring substituents is 1. The Balaban J connectivity index is 2.74. The van der Waals surface area contributed by atoms with Crippen molar-refractivity contribution in [1.29, 1.82) is 0 Å². The molecule has 1 aromatic carbocycles. The molecule has 0 amide bonds. The van der Waals surface area contributed by atoms with Gasteiger partial charge in [0.25, 0.3) is 5.69 Å². The van der Waals surface area contributed by atoms with Crippen LogP contribution in [0.1, 0.15) is 25.8 Å². The fourth-order valence-corrected chi connectivity index (χ4v) is 1.79. The van der Waals surface area contributed by atoms with E-state index in [-0.39, 0.29) is 16.0 Å². The van der Waals surface area contributed by atoms with E-state index in [1.54, 1.807) is 12.1 Å². The van der Waals surface area contributed by atoms with Gasteiger partial charge < -0.3 is 0 Å². The smallest absolute Gasteiger partial charge is 0.258 e. The van der Waals surface area contributed by atoms with Crippen molar-refractivity contribution < 1.29 is 4.92 Å². The van der Waals surface area contributed by atoms with Gasteiger partial charge in [-0.1, -0.05) is 26.0 Å². The molecular formula is C12H16ClNO2. The minimum Gasteiger partial charge on any atom is -0.258 e. The van der Waals surface area contributed by atoms with Crippen LogP contribution in [0.5, 0.6) is 0 Å². The highest BCUT2D eigenvalue weighted by molar-refractivity contribution is 6.20. The van der Waals surface area contributed by atoms with Gasteiger partial charge in [-0.15, -0.1) is 11.6 Å². The largest absolute Gasteiger partial charge is 0.269 e. The van der Waals surface area contributed by atoms with E-state index in [1.165, 1.54) is 6.07 Å². The van der Waals surface area contributed by atoms with E-state index in [0.29, 0.717) is 5.92 Å². The molecule has 0 aromatic heterocycles. The van der Waals surface area contributed by atoms with Crippen LogP contribution < -0.4 is 0 Å². The number of hydrogen-bond acceptors (Lipinski definition) is 2. The molecule has 0 aliphatic heterocycles. The summed E-state index contributed by atoms with van der Waals surface area (Å²) >= 11 is 6.13. The van der Waals surface area contributed by atoms with Gasteiger partial charge in [0.05, 0.1) is 4.92 Å². The fourth-order valence-electron chi connectivity index (χ4n) is 1.70. The highest BCUT2D eigenvalue weighted by Crippen LogP contribution is 2.21. The van der Waals surface area contributed by atoms with E-state index < -0.39 is 0 Å². The Kier molecular flexibility index (Phi) is 4.74. The summed E-state index contributed by atoms with van der Waals surface area (Å²) in [4.78, 5) is 10.2. The summed E-state index contributed by atoms with van der Waals surface area (Å²) in [7, 11) is 0. The summed E-state index contributed by atoms with van der Waals surface area (Å²) in [5, 5.41) is 10.7. The Morgan fingerprint density at radius 1 is 1.50 bits per heavy atom. The Bertz CT molecular complexity index is 368. The van der Waals surface area contributed by atoms with Crippen LogP contribution in [-0.2, 0) is 6.42 Å². The molecule has 0 N–H and O–H groups in total. The normalized spacial score (nSPS) is 14.4. The fraction of sp³-hybridized carbons (Fsp3) is 0.500. The number of benzene rings is 1. The van der Waals surface area contributed by atoms with Crippen molar-refractivity contribution in [2.45, 2.75) is 32.1 Å². The lowest BCUT2D eigenvalue weighted by Crippen LogP contribution is -2.13. The van der Waals surface area contributed by atoms with E-state index in [0.717, 1.165) is 18.4 Å². The monoisotopic (exact) mass is 241 g/mol. The predicted molar refractivity (Wildman–Crippen MR) is 65.9 cm³/mol. The number of nitro groups is 1. The summed E-state index contributed by atoms with van der Waals surface area (Å²) in [6.45, 7) is 4.11. The molecule has 0 heterocycles. The van der Waals surface area contributed by atoms with Crippen molar-refractivity contribution in [1.82, 2.24) is 0 Å². The number of halogens is 1. The Hall–Kier alpha value is -1.09. The Labute approximate surface area is 101 Å². The van der Waals surface area contributed by atoms with E-state index in [9.17, 15) is 10.1 Å². The van der Waals surface area contributed by atoms with E-state index in [2.05, 4.69) is 6.92 Å². The van der Waals surface area contributed by atoms with E-state index in [1.807, 2.05) is 13.0 Å². The highest BCUT2D eigenvalue weighted by atomic mass is 35.5. The number of hydrogen-bond donors (Lipinski definition) is 0. The molecule has 0 aliphatic rings. The maximum Gasteiger partial charge on any atom is 0.269 e. The van der Waals surface area contributed by atoms with Crippen LogP contribution in [0.3, 0.4) is 0 Å². The maximum atomic E-state index is 10.6. The second-order valence-electron chi connectivity index (χ2n) is 4.03. The first-order valence-electron chi connectivity index (χ1n) is 5.42.